The van der Waals surface area contributed by atoms with E-state index in [1.807, 2.05) is 0 Å². The van der Waals surface area contributed by atoms with E-state index in [1.165, 1.54) is 12.1 Å². The molecule has 0 spiro atoms. The van der Waals surface area contributed by atoms with Crippen LogP contribution in [0.4, 0.5) is 0 Å². The van der Waals surface area contributed by atoms with Gasteiger partial charge in [-0.15, -0.1) is 17.9 Å². The maximum Gasteiger partial charge on any atom is 0.318 e. The van der Waals surface area contributed by atoms with Gasteiger partial charge in [0.25, 0.3) is 10.0 Å². The molecule has 0 aliphatic carbocycles. The first kappa shape index (κ1) is 14.4. The lowest BCUT2D eigenvalue weighted by Gasteiger charge is -2.17. The van der Waals surface area contributed by atoms with Crippen molar-refractivity contribution in [1.29, 1.82) is 0 Å². The summed E-state index contributed by atoms with van der Waals surface area (Å²) in [4.78, 5) is 10.6. The molecule has 0 saturated carbocycles. The summed E-state index contributed by atoms with van der Waals surface area (Å²) < 4.78 is 25.8. The molecule has 0 aliphatic heterocycles. The van der Waals surface area contributed by atoms with E-state index < -0.39 is 22.5 Å². The lowest BCUT2D eigenvalue weighted by atomic mass is 10.6. The van der Waals surface area contributed by atoms with Crippen LogP contribution in [0, 0.1) is 0 Å². The molecule has 94 valence electrons. The Balaban J connectivity index is 3.07. The van der Waals surface area contributed by atoms with E-state index in [0.29, 0.717) is 3.79 Å². The van der Waals surface area contributed by atoms with Crippen LogP contribution in [-0.2, 0) is 14.8 Å². The maximum atomic E-state index is 12.1. The first-order valence-corrected chi connectivity index (χ1v) is 7.51. The molecule has 0 fully saturated rings. The van der Waals surface area contributed by atoms with Crippen LogP contribution in [-0.4, -0.2) is 36.9 Å². The van der Waals surface area contributed by atoms with Crippen LogP contribution in [0.15, 0.2) is 32.8 Å². The van der Waals surface area contributed by atoms with Crippen molar-refractivity contribution in [1.82, 2.24) is 4.31 Å². The fourth-order valence-electron chi connectivity index (χ4n) is 1.11. The number of hydrogen-bond acceptors (Lipinski definition) is 4. The zero-order valence-corrected chi connectivity index (χ0v) is 11.9. The number of sulfonamides is 1. The predicted octanol–water partition coefficient (Wildman–Crippen LogP) is 1.77. The largest absolute Gasteiger partial charge is 0.480 e. The third-order valence-corrected chi connectivity index (χ3v) is 5.69. The molecule has 5 nitrogen and oxygen atoms in total. The van der Waals surface area contributed by atoms with Crippen LogP contribution in [0.5, 0.6) is 0 Å². The fourth-order valence-corrected chi connectivity index (χ4v) is 4.63. The fraction of sp³-hybridized carbons (Fsp3) is 0.222. The van der Waals surface area contributed by atoms with Gasteiger partial charge in [0.2, 0.25) is 0 Å². The van der Waals surface area contributed by atoms with Crippen LogP contribution < -0.4 is 0 Å². The zero-order valence-electron chi connectivity index (χ0n) is 8.67. The highest BCUT2D eigenvalue weighted by molar-refractivity contribution is 9.11. The van der Waals surface area contributed by atoms with E-state index in [1.54, 1.807) is 6.07 Å². The van der Waals surface area contributed by atoms with Crippen molar-refractivity contribution in [3.63, 3.8) is 0 Å². The first-order chi connectivity index (χ1) is 7.87. The molecule has 0 amide bonds. The number of rotatable bonds is 6. The number of carbonyl (C=O) groups is 1. The van der Waals surface area contributed by atoms with Gasteiger partial charge in [-0.3, -0.25) is 4.79 Å². The van der Waals surface area contributed by atoms with Crippen LogP contribution in [0.25, 0.3) is 0 Å². The Morgan fingerprint density at radius 2 is 2.24 bits per heavy atom. The SMILES string of the molecule is C=CCN(CC(=O)O)S(=O)(=O)c1ccc(Br)s1. The average molecular weight is 340 g/mol. The molecule has 1 aromatic rings. The summed E-state index contributed by atoms with van der Waals surface area (Å²) in [6, 6.07) is 3.03. The maximum absolute atomic E-state index is 12.1. The van der Waals surface area contributed by atoms with Crippen LogP contribution >= 0.6 is 27.3 Å². The molecule has 0 bridgehead atoms. The van der Waals surface area contributed by atoms with Gasteiger partial charge in [0.1, 0.15) is 10.8 Å². The zero-order chi connectivity index (χ0) is 13.1. The highest BCUT2D eigenvalue weighted by Gasteiger charge is 2.26. The summed E-state index contributed by atoms with van der Waals surface area (Å²) in [6.07, 6.45) is 1.35. The molecule has 1 heterocycles. The standard InChI is InChI=1S/C9H10BrNO4S2/c1-2-5-11(6-8(12)13)17(14,15)9-4-3-7(10)16-9/h2-4H,1,5-6H2,(H,12,13). The Bertz CT molecular complexity index is 523. The lowest BCUT2D eigenvalue weighted by Crippen LogP contribution is -2.35. The number of carboxylic acids is 1. The normalized spacial score (nSPS) is 11.6. The second-order valence-corrected chi connectivity index (χ2v) is 7.67. The third-order valence-electron chi connectivity index (χ3n) is 1.79. The van der Waals surface area contributed by atoms with Crippen LogP contribution in [0.2, 0.25) is 0 Å². The Hall–Kier alpha value is -0.700. The van der Waals surface area contributed by atoms with E-state index in [4.69, 9.17) is 5.11 Å². The molecule has 17 heavy (non-hydrogen) atoms. The van der Waals surface area contributed by atoms with Crippen molar-refractivity contribution in [2.24, 2.45) is 0 Å². The van der Waals surface area contributed by atoms with Crippen LogP contribution in [0.3, 0.4) is 0 Å². The molecule has 0 aliphatic rings. The van der Waals surface area contributed by atoms with Crippen molar-refractivity contribution >= 4 is 43.3 Å². The summed E-state index contributed by atoms with van der Waals surface area (Å²) in [5.41, 5.74) is 0. The predicted molar refractivity (Wildman–Crippen MR) is 68.6 cm³/mol. The van der Waals surface area contributed by atoms with Gasteiger partial charge in [0.15, 0.2) is 0 Å². The Morgan fingerprint density at radius 1 is 1.59 bits per heavy atom. The van der Waals surface area contributed by atoms with Gasteiger partial charge >= 0.3 is 5.97 Å². The highest BCUT2D eigenvalue weighted by atomic mass is 79.9. The molecule has 0 saturated heterocycles. The van der Waals surface area contributed by atoms with E-state index in [2.05, 4.69) is 22.5 Å². The molecule has 1 N–H and O–H groups in total. The lowest BCUT2D eigenvalue weighted by molar-refractivity contribution is -0.137. The summed E-state index contributed by atoms with van der Waals surface area (Å²) in [6.45, 7) is 2.80. The minimum Gasteiger partial charge on any atom is -0.480 e. The third kappa shape index (κ3) is 3.63. The average Bonchev–Trinajstić information content (AvgIpc) is 2.64. The molecule has 0 atom stereocenters. The Labute approximate surface area is 112 Å². The first-order valence-electron chi connectivity index (χ1n) is 4.46. The summed E-state index contributed by atoms with van der Waals surface area (Å²) in [5.74, 6) is -1.20. The molecule has 8 heteroatoms. The van der Waals surface area contributed by atoms with Crippen molar-refractivity contribution in [3.8, 4) is 0 Å². The van der Waals surface area contributed by atoms with Gasteiger partial charge < -0.3 is 5.11 Å². The molecule has 0 aromatic carbocycles. The minimum atomic E-state index is -3.77. The van der Waals surface area contributed by atoms with E-state index in [0.717, 1.165) is 15.6 Å². The van der Waals surface area contributed by atoms with Gasteiger partial charge in [-0.1, -0.05) is 6.08 Å². The number of hydrogen-bond donors (Lipinski definition) is 1. The van der Waals surface area contributed by atoms with Gasteiger partial charge in [0.05, 0.1) is 3.79 Å². The van der Waals surface area contributed by atoms with E-state index in [-0.39, 0.29) is 10.8 Å². The van der Waals surface area contributed by atoms with Gasteiger partial charge in [0, 0.05) is 6.54 Å². The van der Waals surface area contributed by atoms with Crippen molar-refractivity contribution in [2.75, 3.05) is 13.1 Å². The van der Waals surface area contributed by atoms with Crippen LogP contribution in [0.1, 0.15) is 0 Å². The van der Waals surface area contributed by atoms with Crippen molar-refractivity contribution < 1.29 is 18.3 Å². The second kappa shape index (κ2) is 5.76. The van der Waals surface area contributed by atoms with E-state index in [9.17, 15) is 13.2 Å². The summed E-state index contributed by atoms with van der Waals surface area (Å²) in [7, 11) is -3.77. The van der Waals surface area contributed by atoms with Crippen molar-refractivity contribution in [2.45, 2.75) is 4.21 Å². The number of thiophene rings is 1. The smallest absolute Gasteiger partial charge is 0.318 e. The minimum absolute atomic E-state index is 0.0375. The number of nitrogens with zero attached hydrogens (tertiary/aromatic N) is 1. The molecule has 1 aromatic heterocycles. The molecule has 1 rings (SSSR count). The topological polar surface area (TPSA) is 74.7 Å². The van der Waals surface area contributed by atoms with Crippen molar-refractivity contribution in [3.05, 3.63) is 28.6 Å². The number of carboxylic acid groups (broad SMARTS) is 1. The van der Waals surface area contributed by atoms with E-state index >= 15 is 0 Å². The Kier molecular flexibility index (Phi) is 4.87. The quantitative estimate of drug-likeness (QED) is 0.801. The Morgan fingerprint density at radius 3 is 2.65 bits per heavy atom. The summed E-state index contributed by atoms with van der Waals surface area (Å²) in [5, 5.41) is 8.68. The van der Waals surface area contributed by atoms with Gasteiger partial charge in [-0.25, -0.2) is 8.42 Å². The molecule has 0 unspecified atom stereocenters. The monoisotopic (exact) mass is 339 g/mol. The van der Waals surface area contributed by atoms with Gasteiger partial charge in [-0.05, 0) is 28.1 Å². The second-order valence-electron chi connectivity index (χ2n) is 3.04. The molecular weight excluding hydrogens is 330 g/mol. The van der Waals surface area contributed by atoms with Gasteiger partial charge in [-0.2, -0.15) is 4.31 Å². The molecule has 0 radical (unpaired) electrons. The number of halogens is 1. The highest BCUT2D eigenvalue weighted by Crippen LogP contribution is 2.28. The summed E-state index contributed by atoms with van der Waals surface area (Å²) >= 11 is 4.20. The number of aliphatic carboxylic acids is 1. The molecular formula is C9H10BrNO4S2.